The van der Waals surface area contributed by atoms with E-state index in [1.807, 2.05) is 14.0 Å². The van der Waals surface area contributed by atoms with Crippen LogP contribution >= 0.6 is 11.3 Å². The lowest BCUT2D eigenvalue weighted by molar-refractivity contribution is 0.202. The third kappa shape index (κ3) is 3.14. The van der Waals surface area contributed by atoms with Gasteiger partial charge < -0.3 is 10.0 Å². The van der Waals surface area contributed by atoms with Crippen LogP contribution in [0.15, 0.2) is 24.3 Å². The molecule has 0 aliphatic carbocycles. The van der Waals surface area contributed by atoms with E-state index in [-0.39, 0.29) is 0 Å². The second kappa shape index (κ2) is 5.72. The van der Waals surface area contributed by atoms with Gasteiger partial charge in [-0.25, -0.2) is 4.98 Å². The summed E-state index contributed by atoms with van der Waals surface area (Å²) in [5, 5.41) is 10.6. The van der Waals surface area contributed by atoms with Crippen LogP contribution in [0.4, 0.5) is 5.13 Å². The van der Waals surface area contributed by atoms with Gasteiger partial charge in [-0.1, -0.05) is 35.6 Å². The fraction of sp³-hybridized carbons (Fsp3) is 0.400. The molecular formula is C15H20N2OS. The highest BCUT2D eigenvalue weighted by atomic mass is 32.1. The minimum Gasteiger partial charge on any atom is -0.388 e. The number of aryl methyl sites for hydroxylation is 2. The van der Waals surface area contributed by atoms with Crippen LogP contribution in [-0.2, 0) is 6.54 Å². The molecule has 102 valence electrons. The summed E-state index contributed by atoms with van der Waals surface area (Å²) in [5.41, 5.74) is 3.52. The van der Waals surface area contributed by atoms with Crippen LogP contribution in [0.25, 0.3) is 0 Å². The summed E-state index contributed by atoms with van der Waals surface area (Å²) < 4.78 is 0. The van der Waals surface area contributed by atoms with Crippen LogP contribution in [0.3, 0.4) is 0 Å². The van der Waals surface area contributed by atoms with Crippen molar-refractivity contribution < 1.29 is 5.11 Å². The number of aliphatic hydroxyl groups excluding tert-OH is 1. The van der Waals surface area contributed by atoms with Gasteiger partial charge >= 0.3 is 0 Å². The predicted octanol–water partition coefficient (Wildman–Crippen LogP) is 3.45. The smallest absolute Gasteiger partial charge is 0.185 e. The zero-order chi connectivity index (χ0) is 14.0. The Hall–Kier alpha value is -1.39. The Kier molecular flexibility index (Phi) is 4.22. The number of aromatic nitrogens is 1. The first-order valence-electron chi connectivity index (χ1n) is 6.40. The molecule has 1 unspecified atom stereocenters. The van der Waals surface area contributed by atoms with Crippen molar-refractivity contribution in [3.05, 3.63) is 46.0 Å². The SMILES string of the molecule is Cc1ccccc1CN(C)c1nc(C)c(C(C)O)s1. The summed E-state index contributed by atoms with van der Waals surface area (Å²) in [6, 6.07) is 8.38. The summed E-state index contributed by atoms with van der Waals surface area (Å²) in [4.78, 5) is 7.62. The van der Waals surface area contributed by atoms with Gasteiger partial charge in [0.2, 0.25) is 0 Å². The van der Waals surface area contributed by atoms with Crippen LogP contribution in [0.1, 0.15) is 34.7 Å². The number of thiazole rings is 1. The molecule has 2 rings (SSSR count). The quantitative estimate of drug-likeness (QED) is 0.929. The second-order valence-corrected chi connectivity index (χ2v) is 5.91. The normalized spacial score (nSPS) is 12.5. The lowest BCUT2D eigenvalue weighted by Crippen LogP contribution is -2.16. The van der Waals surface area contributed by atoms with Crippen molar-refractivity contribution in [3.8, 4) is 0 Å². The van der Waals surface area contributed by atoms with Crippen molar-refractivity contribution in [3.63, 3.8) is 0 Å². The fourth-order valence-electron chi connectivity index (χ4n) is 2.06. The fourth-order valence-corrected chi connectivity index (χ4v) is 3.02. The molecule has 1 aromatic heterocycles. The standard InChI is InChI=1S/C15H20N2OS/c1-10-7-5-6-8-13(10)9-17(4)15-16-11(2)14(19-15)12(3)18/h5-8,12,18H,9H2,1-4H3. The van der Waals surface area contributed by atoms with E-state index in [0.717, 1.165) is 22.2 Å². The van der Waals surface area contributed by atoms with Gasteiger partial charge in [-0.3, -0.25) is 0 Å². The first-order valence-corrected chi connectivity index (χ1v) is 7.21. The minimum atomic E-state index is -0.446. The molecular weight excluding hydrogens is 256 g/mol. The molecule has 0 spiro atoms. The van der Waals surface area contributed by atoms with Gasteiger partial charge in [0.15, 0.2) is 5.13 Å². The Morgan fingerprint density at radius 1 is 1.32 bits per heavy atom. The molecule has 0 saturated heterocycles. The van der Waals surface area contributed by atoms with Crippen LogP contribution in [-0.4, -0.2) is 17.1 Å². The molecule has 3 nitrogen and oxygen atoms in total. The maximum atomic E-state index is 9.69. The van der Waals surface area contributed by atoms with E-state index in [1.54, 1.807) is 18.3 Å². The molecule has 0 radical (unpaired) electrons. The van der Waals surface area contributed by atoms with Gasteiger partial charge in [0, 0.05) is 13.6 Å². The Morgan fingerprint density at radius 2 is 2.00 bits per heavy atom. The minimum absolute atomic E-state index is 0.446. The number of rotatable bonds is 4. The highest BCUT2D eigenvalue weighted by Crippen LogP contribution is 2.30. The molecule has 4 heteroatoms. The number of nitrogens with zero attached hydrogens (tertiary/aromatic N) is 2. The van der Waals surface area contributed by atoms with Crippen molar-refractivity contribution in [1.82, 2.24) is 4.98 Å². The Morgan fingerprint density at radius 3 is 2.58 bits per heavy atom. The zero-order valence-electron chi connectivity index (χ0n) is 11.8. The summed E-state index contributed by atoms with van der Waals surface area (Å²) in [7, 11) is 2.04. The molecule has 0 aliphatic rings. The summed E-state index contributed by atoms with van der Waals surface area (Å²) in [6.07, 6.45) is -0.446. The molecule has 0 fully saturated rings. The average molecular weight is 276 g/mol. The third-order valence-electron chi connectivity index (χ3n) is 3.20. The molecule has 19 heavy (non-hydrogen) atoms. The second-order valence-electron chi connectivity index (χ2n) is 4.90. The molecule has 0 amide bonds. The van der Waals surface area contributed by atoms with Gasteiger partial charge in [0.25, 0.3) is 0 Å². The lowest BCUT2D eigenvalue weighted by atomic mass is 10.1. The van der Waals surface area contributed by atoms with Crippen molar-refractivity contribution in [2.75, 3.05) is 11.9 Å². The lowest BCUT2D eigenvalue weighted by Gasteiger charge is -2.17. The zero-order valence-corrected chi connectivity index (χ0v) is 12.7. The molecule has 0 saturated carbocycles. The molecule has 2 aromatic rings. The molecule has 1 N–H and O–H groups in total. The number of anilines is 1. The summed E-state index contributed by atoms with van der Waals surface area (Å²) in [5.74, 6) is 0. The molecule has 1 atom stereocenters. The number of benzene rings is 1. The van der Waals surface area contributed by atoms with Crippen LogP contribution in [0.2, 0.25) is 0 Å². The van der Waals surface area contributed by atoms with Crippen molar-refractivity contribution >= 4 is 16.5 Å². The number of hydrogen-bond donors (Lipinski definition) is 1. The van der Waals surface area contributed by atoms with Crippen molar-refractivity contribution in [2.24, 2.45) is 0 Å². The van der Waals surface area contributed by atoms with Crippen molar-refractivity contribution in [1.29, 1.82) is 0 Å². The van der Waals surface area contributed by atoms with E-state index in [1.165, 1.54) is 11.1 Å². The van der Waals surface area contributed by atoms with Crippen molar-refractivity contribution in [2.45, 2.75) is 33.4 Å². The summed E-state index contributed by atoms with van der Waals surface area (Å²) in [6.45, 7) is 6.69. The Labute approximate surface area is 118 Å². The first kappa shape index (κ1) is 14.0. The Balaban J connectivity index is 2.19. The van der Waals surface area contributed by atoms with Gasteiger partial charge in [0.1, 0.15) is 0 Å². The van der Waals surface area contributed by atoms with Crippen LogP contribution in [0.5, 0.6) is 0 Å². The highest BCUT2D eigenvalue weighted by molar-refractivity contribution is 7.15. The molecule has 1 heterocycles. The van der Waals surface area contributed by atoms with Gasteiger partial charge in [-0.05, 0) is 31.9 Å². The van der Waals surface area contributed by atoms with E-state index in [4.69, 9.17) is 0 Å². The first-order chi connectivity index (χ1) is 8.99. The summed E-state index contributed by atoms with van der Waals surface area (Å²) >= 11 is 1.57. The number of hydrogen-bond acceptors (Lipinski definition) is 4. The molecule has 1 aromatic carbocycles. The maximum absolute atomic E-state index is 9.69. The monoisotopic (exact) mass is 276 g/mol. The Bertz CT molecular complexity index is 563. The van der Waals surface area contributed by atoms with Crippen LogP contribution < -0.4 is 4.90 Å². The predicted molar refractivity (Wildman–Crippen MR) is 80.8 cm³/mol. The molecule has 0 aliphatic heterocycles. The molecule has 0 bridgehead atoms. The largest absolute Gasteiger partial charge is 0.388 e. The topological polar surface area (TPSA) is 36.4 Å². The maximum Gasteiger partial charge on any atom is 0.185 e. The number of aliphatic hydroxyl groups is 1. The van der Waals surface area contributed by atoms with E-state index in [2.05, 4.69) is 41.1 Å². The average Bonchev–Trinajstić information content (AvgIpc) is 2.74. The van der Waals surface area contributed by atoms with E-state index in [0.29, 0.717) is 0 Å². The van der Waals surface area contributed by atoms with E-state index in [9.17, 15) is 5.11 Å². The van der Waals surface area contributed by atoms with E-state index < -0.39 is 6.10 Å². The van der Waals surface area contributed by atoms with Gasteiger partial charge in [-0.15, -0.1) is 0 Å². The van der Waals surface area contributed by atoms with Crippen LogP contribution in [0, 0.1) is 13.8 Å². The highest BCUT2D eigenvalue weighted by Gasteiger charge is 2.15. The van der Waals surface area contributed by atoms with Gasteiger partial charge in [0.05, 0.1) is 16.7 Å². The third-order valence-corrected chi connectivity index (χ3v) is 4.64. The van der Waals surface area contributed by atoms with E-state index >= 15 is 0 Å². The van der Waals surface area contributed by atoms with Gasteiger partial charge in [-0.2, -0.15) is 0 Å².